The van der Waals surface area contributed by atoms with Crippen molar-refractivity contribution in [2.75, 3.05) is 6.61 Å². The highest BCUT2D eigenvalue weighted by Crippen LogP contribution is 2.21. The average Bonchev–Trinajstić information content (AvgIpc) is 2.28. The van der Waals surface area contributed by atoms with Crippen molar-refractivity contribution in [2.24, 2.45) is 0 Å². The molecule has 0 aliphatic heterocycles. The van der Waals surface area contributed by atoms with Crippen LogP contribution in [0.1, 0.15) is 17.9 Å². The maximum atomic E-state index is 11.4. The summed E-state index contributed by atoms with van der Waals surface area (Å²) in [6.07, 6.45) is 0. The molecule has 0 radical (unpaired) electrons. The molecular formula is C11H11ClO3. The SMILES string of the molecule is CCOC(=O)C(=O)C(Cl)c1ccccc1. The van der Waals surface area contributed by atoms with Crippen LogP contribution in [0.5, 0.6) is 0 Å². The van der Waals surface area contributed by atoms with E-state index in [9.17, 15) is 9.59 Å². The number of carbonyl (C=O) groups is 2. The van der Waals surface area contributed by atoms with Gasteiger partial charge in [-0.3, -0.25) is 4.79 Å². The van der Waals surface area contributed by atoms with Crippen molar-refractivity contribution >= 4 is 23.4 Å². The molecule has 0 fully saturated rings. The fourth-order valence-corrected chi connectivity index (χ4v) is 1.31. The highest BCUT2D eigenvalue weighted by atomic mass is 35.5. The van der Waals surface area contributed by atoms with Gasteiger partial charge >= 0.3 is 5.97 Å². The van der Waals surface area contributed by atoms with Gasteiger partial charge in [-0.25, -0.2) is 4.79 Å². The third-order valence-corrected chi connectivity index (χ3v) is 2.25. The molecule has 0 saturated heterocycles. The minimum absolute atomic E-state index is 0.170. The van der Waals surface area contributed by atoms with Crippen LogP contribution in [-0.4, -0.2) is 18.4 Å². The molecule has 0 aliphatic carbocycles. The first-order valence-electron chi connectivity index (χ1n) is 4.56. The maximum Gasteiger partial charge on any atom is 0.376 e. The first-order chi connectivity index (χ1) is 7.16. The van der Waals surface area contributed by atoms with Gasteiger partial charge in [0, 0.05) is 0 Å². The molecule has 0 aromatic heterocycles. The van der Waals surface area contributed by atoms with Gasteiger partial charge in [0.25, 0.3) is 5.78 Å². The van der Waals surface area contributed by atoms with E-state index >= 15 is 0 Å². The van der Waals surface area contributed by atoms with Gasteiger partial charge < -0.3 is 4.74 Å². The lowest BCUT2D eigenvalue weighted by atomic mass is 10.1. The number of ketones is 1. The molecule has 1 aromatic rings. The average molecular weight is 227 g/mol. The predicted octanol–water partition coefficient (Wildman–Crippen LogP) is 2.10. The van der Waals surface area contributed by atoms with E-state index < -0.39 is 17.1 Å². The molecule has 0 heterocycles. The Balaban J connectivity index is 2.73. The minimum Gasteiger partial charge on any atom is -0.460 e. The Morgan fingerprint density at radius 1 is 1.33 bits per heavy atom. The zero-order chi connectivity index (χ0) is 11.3. The van der Waals surface area contributed by atoms with Gasteiger partial charge in [0.1, 0.15) is 5.38 Å². The van der Waals surface area contributed by atoms with Gasteiger partial charge in [-0.05, 0) is 12.5 Å². The van der Waals surface area contributed by atoms with Crippen molar-refractivity contribution in [2.45, 2.75) is 12.3 Å². The fourth-order valence-electron chi connectivity index (χ4n) is 1.08. The van der Waals surface area contributed by atoms with E-state index in [1.165, 1.54) is 0 Å². The Morgan fingerprint density at radius 2 is 1.93 bits per heavy atom. The van der Waals surface area contributed by atoms with Crippen LogP contribution in [0, 0.1) is 0 Å². The third-order valence-electron chi connectivity index (χ3n) is 1.80. The molecular weight excluding hydrogens is 216 g/mol. The van der Waals surface area contributed by atoms with Gasteiger partial charge in [0.15, 0.2) is 0 Å². The van der Waals surface area contributed by atoms with Crippen LogP contribution in [0.25, 0.3) is 0 Å². The number of carbonyl (C=O) groups excluding carboxylic acids is 2. The summed E-state index contributed by atoms with van der Waals surface area (Å²) in [6.45, 7) is 1.81. The van der Waals surface area contributed by atoms with E-state index in [0.29, 0.717) is 5.56 Å². The molecule has 0 saturated carbocycles. The van der Waals surface area contributed by atoms with Gasteiger partial charge in [-0.2, -0.15) is 0 Å². The highest BCUT2D eigenvalue weighted by molar-refractivity contribution is 6.47. The Kier molecular flexibility index (Phi) is 4.31. The van der Waals surface area contributed by atoms with Crippen molar-refractivity contribution in [3.63, 3.8) is 0 Å². The maximum absolute atomic E-state index is 11.4. The zero-order valence-electron chi connectivity index (χ0n) is 8.27. The van der Waals surface area contributed by atoms with E-state index in [2.05, 4.69) is 4.74 Å². The van der Waals surface area contributed by atoms with Crippen LogP contribution in [0.3, 0.4) is 0 Å². The molecule has 1 unspecified atom stereocenters. The number of benzene rings is 1. The first kappa shape index (κ1) is 11.7. The summed E-state index contributed by atoms with van der Waals surface area (Å²) >= 11 is 5.84. The van der Waals surface area contributed by atoms with E-state index in [1.54, 1.807) is 31.2 Å². The second kappa shape index (κ2) is 5.51. The van der Waals surface area contributed by atoms with Crippen molar-refractivity contribution in [1.29, 1.82) is 0 Å². The standard InChI is InChI=1S/C11H11ClO3/c1-2-15-11(14)10(13)9(12)8-6-4-3-5-7-8/h3-7,9H,2H2,1H3. The number of rotatable bonds is 4. The van der Waals surface area contributed by atoms with E-state index in [-0.39, 0.29) is 6.61 Å². The molecule has 0 aliphatic rings. The third kappa shape index (κ3) is 3.06. The van der Waals surface area contributed by atoms with Crippen molar-refractivity contribution in [1.82, 2.24) is 0 Å². The second-order valence-electron chi connectivity index (χ2n) is 2.86. The van der Waals surface area contributed by atoms with Crippen LogP contribution in [0.15, 0.2) is 30.3 Å². The lowest BCUT2D eigenvalue weighted by Gasteiger charge is -2.07. The molecule has 80 valence electrons. The molecule has 0 N–H and O–H groups in total. The monoisotopic (exact) mass is 226 g/mol. The summed E-state index contributed by atoms with van der Waals surface area (Å²) < 4.78 is 4.57. The van der Waals surface area contributed by atoms with Gasteiger partial charge in [0.05, 0.1) is 6.61 Å². The predicted molar refractivity (Wildman–Crippen MR) is 56.7 cm³/mol. The molecule has 15 heavy (non-hydrogen) atoms. The number of halogens is 1. The van der Waals surface area contributed by atoms with Crippen molar-refractivity contribution < 1.29 is 14.3 Å². The lowest BCUT2D eigenvalue weighted by Crippen LogP contribution is -2.21. The summed E-state index contributed by atoms with van der Waals surface area (Å²) in [6, 6.07) is 8.69. The topological polar surface area (TPSA) is 43.4 Å². The number of Topliss-reactive ketones (excluding diaryl/α,β-unsaturated/α-hetero) is 1. The van der Waals surface area contributed by atoms with E-state index in [0.717, 1.165) is 0 Å². The Hall–Kier alpha value is -1.35. The Bertz CT molecular complexity index is 348. The number of esters is 1. The molecule has 1 atom stereocenters. The van der Waals surface area contributed by atoms with E-state index in [4.69, 9.17) is 11.6 Å². The lowest BCUT2D eigenvalue weighted by molar-refractivity contribution is -0.153. The second-order valence-corrected chi connectivity index (χ2v) is 3.29. The molecule has 0 amide bonds. The van der Waals surface area contributed by atoms with Crippen LogP contribution < -0.4 is 0 Å². The van der Waals surface area contributed by atoms with Crippen LogP contribution >= 0.6 is 11.6 Å². The zero-order valence-corrected chi connectivity index (χ0v) is 9.03. The molecule has 3 nitrogen and oxygen atoms in total. The number of hydrogen-bond acceptors (Lipinski definition) is 3. The number of hydrogen-bond donors (Lipinski definition) is 0. The highest BCUT2D eigenvalue weighted by Gasteiger charge is 2.25. The van der Waals surface area contributed by atoms with Crippen molar-refractivity contribution in [3.8, 4) is 0 Å². The molecule has 0 spiro atoms. The van der Waals surface area contributed by atoms with Gasteiger partial charge in [-0.15, -0.1) is 11.6 Å². The molecule has 0 bridgehead atoms. The van der Waals surface area contributed by atoms with Crippen molar-refractivity contribution in [3.05, 3.63) is 35.9 Å². The van der Waals surface area contributed by atoms with Crippen LogP contribution in [0.2, 0.25) is 0 Å². The fraction of sp³-hybridized carbons (Fsp3) is 0.273. The summed E-state index contributed by atoms with van der Waals surface area (Å²) in [5.74, 6) is -1.62. The van der Waals surface area contributed by atoms with Crippen LogP contribution in [-0.2, 0) is 14.3 Å². The summed E-state index contributed by atoms with van der Waals surface area (Å²) in [5.41, 5.74) is 0.595. The van der Waals surface area contributed by atoms with Gasteiger partial charge in [0.2, 0.25) is 0 Å². The molecule has 4 heteroatoms. The Labute approximate surface area is 93.0 Å². The van der Waals surface area contributed by atoms with E-state index in [1.807, 2.05) is 6.07 Å². The number of alkyl halides is 1. The summed E-state index contributed by atoms with van der Waals surface area (Å²) in [5, 5.41) is -0.967. The normalized spacial score (nSPS) is 11.9. The number of ether oxygens (including phenoxy) is 1. The van der Waals surface area contributed by atoms with Gasteiger partial charge in [-0.1, -0.05) is 30.3 Å². The first-order valence-corrected chi connectivity index (χ1v) is 5.00. The molecule has 1 aromatic carbocycles. The summed E-state index contributed by atoms with van der Waals surface area (Å²) in [4.78, 5) is 22.5. The quantitative estimate of drug-likeness (QED) is 0.449. The largest absolute Gasteiger partial charge is 0.460 e. The Morgan fingerprint density at radius 3 is 2.47 bits per heavy atom. The molecule has 1 rings (SSSR count). The minimum atomic E-state index is -0.967. The van der Waals surface area contributed by atoms with Crippen LogP contribution in [0.4, 0.5) is 0 Å². The smallest absolute Gasteiger partial charge is 0.376 e. The summed E-state index contributed by atoms with van der Waals surface area (Å²) in [7, 11) is 0.